The molecule has 3 nitrogen and oxygen atoms in total. The maximum Gasteiger partial charge on any atom is 0.147 e. The van der Waals surface area contributed by atoms with Gasteiger partial charge in [0.1, 0.15) is 5.82 Å². The van der Waals surface area contributed by atoms with Gasteiger partial charge in [0.15, 0.2) is 0 Å². The van der Waals surface area contributed by atoms with Gasteiger partial charge < -0.3 is 10.7 Å². The second-order valence-electron chi connectivity index (χ2n) is 2.84. The Labute approximate surface area is 80.6 Å². The highest BCUT2D eigenvalue weighted by Gasteiger charge is 2.06. The van der Waals surface area contributed by atoms with Crippen LogP contribution in [0.2, 0.25) is 0 Å². The number of aryl methyl sites for hydroxylation is 1. The van der Waals surface area contributed by atoms with E-state index in [1.165, 1.54) is 0 Å². The fraction of sp³-hybridized carbons (Fsp3) is 0.222. The third-order valence-corrected chi connectivity index (χ3v) is 2.81. The molecule has 2 rings (SSSR count). The fourth-order valence-corrected chi connectivity index (χ4v) is 1.89. The Kier molecular flexibility index (Phi) is 2.16. The van der Waals surface area contributed by atoms with Crippen LogP contribution in [0.1, 0.15) is 11.4 Å². The maximum atomic E-state index is 5.54. The molecule has 2 aromatic heterocycles. The first-order chi connectivity index (χ1) is 6.31. The predicted octanol–water partition coefficient (Wildman–Crippen LogP) is 1.91. The summed E-state index contributed by atoms with van der Waals surface area (Å²) in [4.78, 5) is 8.77. The number of aromatic amines is 1. The van der Waals surface area contributed by atoms with Crippen molar-refractivity contribution in [2.75, 3.05) is 0 Å². The quantitative estimate of drug-likeness (QED) is 0.765. The van der Waals surface area contributed by atoms with Crippen LogP contribution >= 0.6 is 11.3 Å². The zero-order valence-corrected chi connectivity index (χ0v) is 8.19. The highest BCUT2D eigenvalue weighted by Crippen LogP contribution is 2.22. The topological polar surface area (TPSA) is 54.7 Å². The molecule has 0 aliphatic carbocycles. The number of rotatable bonds is 2. The molecule has 0 atom stereocenters. The first-order valence-electron chi connectivity index (χ1n) is 4.10. The molecule has 0 saturated heterocycles. The molecule has 13 heavy (non-hydrogen) atoms. The molecule has 0 spiro atoms. The van der Waals surface area contributed by atoms with Crippen molar-refractivity contribution in [2.45, 2.75) is 13.5 Å². The van der Waals surface area contributed by atoms with E-state index in [1.807, 2.05) is 24.4 Å². The molecular formula is C9H11N3S. The summed E-state index contributed by atoms with van der Waals surface area (Å²) < 4.78 is 0. The summed E-state index contributed by atoms with van der Waals surface area (Å²) in [5, 5.41) is 2.04. The molecule has 2 aromatic rings. The van der Waals surface area contributed by atoms with E-state index >= 15 is 0 Å². The number of H-pyrrole nitrogens is 1. The third-order valence-electron chi connectivity index (χ3n) is 1.93. The van der Waals surface area contributed by atoms with E-state index in [4.69, 9.17) is 5.73 Å². The van der Waals surface area contributed by atoms with Crippen LogP contribution < -0.4 is 5.73 Å². The number of hydrogen-bond acceptors (Lipinski definition) is 3. The Morgan fingerprint density at radius 3 is 3.00 bits per heavy atom. The van der Waals surface area contributed by atoms with Crippen molar-refractivity contribution < 1.29 is 0 Å². The Morgan fingerprint density at radius 2 is 2.46 bits per heavy atom. The molecule has 4 heteroatoms. The van der Waals surface area contributed by atoms with Crippen molar-refractivity contribution in [1.82, 2.24) is 9.97 Å². The van der Waals surface area contributed by atoms with Crippen LogP contribution in [0.25, 0.3) is 10.7 Å². The van der Waals surface area contributed by atoms with E-state index in [-0.39, 0.29) is 0 Å². The Balaban J connectivity index is 2.43. The number of imidazole rings is 1. The van der Waals surface area contributed by atoms with Crippen LogP contribution in [-0.4, -0.2) is 9.97 Å². The molecule has 0 aliphatic rings. The summed E-state index contributed by atoms with van der Waals surface area (Å²) in [7, 11) is 0. The van der Waals surface area contributed by atoms with Gasteiger partial charge in [0, 0.05) is 12.2 Å². The lowest BCUT2D eigenvalue weighted by molar-refractivity contribution is 0.993. The van der Waals surface area contributed by atoms with Crippen molar-refractivity contribution >= 4 is 11.3 Å². The number of aromatic nitrogens is 2. The van der Waals surface area contributed by atoms with E-state index in [1.54, 1.807) is 11.3 Å². The van der Waals surface area contributed by atoms with Gasteiger partial charge in [-0.25, -0.2) is 4.98 Å². The number of nitrogens with two attached hydrogens (primary N) is 1. The predicted molar refractivity (Wildman–Crippen MR) is 54.5 cm³/mol. The van der Waals surface area contributed by atoms with Crippen LogP contribution in [0.3, 0.4) is 0 Å². The monoisotopic (exact) mass is 193 g/mol. The van der Waals surface area contributed by atoms with Gasteiger partial charge in [0.2, 0.25) is 0 Å². The zero-order chi connectivity index (χ0) is 9.26. The Hall–Kier alpha value is -1.13. The van der Waals surface area contributed by atoms with Crippen LogP contribution in [0.4, 0.5) is 0 Å². The van der Waals surface area contributed by atoms with E-state index in [2.05, 4.69) is 9.97 Å². The number of thiophene rings is 1. The third kappa shape index (κ3) is 1.50. The molecule has 0 unspecified atom stereocenters. The molecule has 0 aliphatic heterocycles. The molecule has 0 fully saturated rings. The van der Waals surface area contributed by atoms with Crippen molar-refractivity contribution in [3.63, 3.8) is 0 Å². The van der Waals surface area contributed by atoms with Crippen molar-refractivity contribution in [1.29, 1.82) is 0 Å². The van der Waals surface area contributed by atoms with Crippen molar-refractivity contribution in [2.24, 2.45) is 5.73 Å². The second kappa shape index (κ2) is 3.32. The molecule has 68 valence electrons. The molecule has 0 amide bonds. The highest BCUT2D eigenvalue weighted by atomic mass is 32.1. The van der Waals surface area contributed by atoms with E-state index < -0.39 is 0 Å². The van der Waals surface area contributed by atoms with E-state index in [0.29, 0.717) is 6.54 Å². The van der Waals surface area contributed by atoms with Crippen LogP contribution in [0.5, 0.6) is 0 Å². The normalized spacial score (nSPS) is 10.6. The molecule has 0 saturated carbocycles. The van der Waals surface area contributed by atoms with Gasteiger partial charge >= 0.3 is 0 Å². The maximum absolute atomic E-state index is 5.54. The number of hydrogen-bond donors (Lipinski definition) is 2. The Morgan fingerprint density at radius 1 is 1.62 bits per heavy atom. The molecule has 0 radical (unpaired) electrons. The van der Waals surface area contributed by atoms with Crippen molar-refractivity contribution in [3.05, 3.63) is 28.9 Å². The van der Waals surface area contributed by atoms with Crippen molar-refractivity contribution in [3.8, 4) is 10.7 Å². The summed E-state index contributed by atoms with van der Waals surface area (Å²) in [6.07, 6.45) is 0. The van der Waals surface area contributed by atoms with E-state index in [9.17, 15) is 0 Å². The molecule has 0 bridgehead atoms. The van der Waals surface area contributed by atoms with E-state index in [0.717, 1.165) is 22.1 Å². The van der Waals surface area contributed by atoms with Crippen LogP contribution in [0.15, 0.2) is 17.5 Å². The number of nitrogens with one attached hydrogen (secondary N) is 1. The van der Waals surface area contributed by atoms with Crippen LogP contribution in [0, 0.1) is 6.92 Å². The summed E-state index contributed by atoms with van der Waals surface area (Å²) >= 11 is 1.67. The second-order valence-corrected chi connectivity index (χ2v) is 3.79. The summed E-state index contributed by atoms with van der Waals surface area (Å²) in [6.45, 7) is 2.49. The molecule has 2 heterocycles. The van der Waals surface area contributed by atoms with Gasteiger partial charge in [0.05, 0.1) is 10.6 Å². The average molecular weight is 193 g/mol. The summed E-state index contributed by atoms with van der Waals surface area (Å²) in [5.41, 5.74) is 7.55. The minimum atomic E-state index is 0.494. The lowest BCUT2D eigenvalue weighted by atomic mass is 10.3. The van der Waals surface area contributed by atoms with Gasteiger partial charge in [-0.3, -0.25) is 0 Å². The average Bonchev–Trinajstić information content (AvgIpc) is 2.71. The molecule has 0 aromatic carbocycles. The molecule has 3 N–H and O–H groups in total. The van der Waals surface area contributed by atoms with Gasteiger partial charge in [0.25, 0.3) is 0 Å². The fourth-order valence-electron chi connectivity index (χ4n) is 1.23. The van der Waals surface area contributed by atoms with Gasteiger partial charge in [-0.1, -0.05) is 6.07 Å². The minimum Gasteiger partial charge on any atom is -0.341 e. The Bertz CT molecular complexity index is 389. The van der Waals surface area contributed by atoms with Crippen LogP contribution in [-0.2, 0) is 6.54 Å². The first kappa shape index (κ1) is 8.47. The molecular weight excluding hydrogens is 182 g/mol. The standard InChI is InChI=1S/C9H11N3S/c1-6-7(5-10)12-9(11-6)8-3-2-4-13-8/h2-4H,5,10H2,1H3,(H,11,12). The minimum absolute atomic E-state index is 0.494. The zero-order valence-electron chi connectivity index (χ0n) is 7.37. The lowest BCUT2D eigenvalue weighted by Crippen LogP contribution is -1.98. The first-order valence-corrected chi connectivity index (χ1v) is 4.98. The number of nitrogens with zero attached hydrogens (tertiary/aromatic N) is 1. The highest BCUT2D eigenvalue weighted by molar-refractivity contribution is 7.13. The summed E-state index contributed by atoms with van der Waals surface area (Å²) in [6, 6.07) is 4.06. The summed E-state index contributed by atoms with van der Waals surface area (Å²) in [5.74, 6) is 0.924. The smallest absolute Gasteiger partial charge is 0.147 e. The lowest BCUT2D eigenvalue weighted by Gasteiger charge is -1.87. The largest absolute Gasteiger partial charge is 0.341 e. The van der Waals surface area contributed by atoms with Gasteiger partial charge in [-0.05, 0) is 18.4 Å². The SMILES string of the molecule is Cc1[nH]c(-c2cccs2)nc1CN. The van der Waals surface area contributed by atoms with Gasteiger partial charge in [-0.2, -0.15) is 0 Å². The van der Waals surface area contributed by atoms with Gasteiger partial charge in [-0.15, -0.1) is 11.3 Å².